The van der Waals surface area contributed by atoms with Crippen molar-refractivity contribution in [3.63, 3.8) is 0 Å². The fraction of sp³-hybridized carbons (Fsp3) is 0.818. The van der Waals surface area contributed by atoms with Gasteiger partial charge < -0.3 is 0 Å². The van der Waals surface area contributed by atoms with Crippen LogP contribution in [0.4, 0.5) is 0 Å². The Balaban J connectivity index is 2.75. The third-order valence-corrected chi connectivity index (χ3v) is 4.06. The minimum Gasteiger partial charge on any atom is -0.134 e. The molecule has 2 atom stereocenters. The zero-order valence-corrected chi connectivity index (χ0v) is 9.50. The van der Waals surface area contributed by atoms with Crippen LogP contribution in [0.2, 0.25) is 0 Å². The Hall–Kier alpha value is 0.0900. The molecule has 0 fully saturated rings. The Morgan fingerprint density at radius 1 is 1.25 bits per heavy atom. The van der Waals surface area contributed by atoms with Gasteiger partial charge in [0.05, 0.1) is 0 Å². The number of hydrogen-bond acceptors (Lipinski definition) is 1. The van der Waals surface area contributed by atoms with Crippen molar-refractivity contribution in [2.45, 2.75) is 40.0 Å². The molecule has 2 unspecified atom stereocenters. The van der Waals surface area contributed by atoms with Crippen LogP contribution in [0.25, 0.3) is 0 Å². The van der Waals surface area contributed by atoms with Crippen molar-refractivity contribution in [2.75, 3.05) is 6.26 Å². The largest absolute Gasteiger partial charge is 0.134 e. The fourth-order valence-corrected chi connectivity index (χ4v) is 2.86. The van der Waals surface area contributed by atoms with Gasteiger partial charge in [-0.25, -0.2) is 0 Å². The molecule has 12 heavy (non-hydrogen) atoms. The highest BCUT2D eigenvalue weighted by molar-refractivity contribution is 8.02. The highest BCUT2D eigenvalue weighted by Crippen LogP contribution is 2.39. The summed E-state index contributed by atoms with van der Waals surface area (Å²) in [5.74, 6) is 1.79. The van der Waals surface area contributed by atoms with E-state index < -0.39 is 0 Å². The SMILES string of the molecule is CCC1=C(SC)CC(C)C(C)C1. The van der Waals surface area contributed by atoms with Gasteiger partial charge in [0.25, 0.3) is 0 Å². The summed E-state index contributed by atoms with van der Waals surface area (Å²) in [6.45, 7) is 7.05. The van der Waals surface area contributed by atoms with E-state index in [-0.39, 0.29) is 0 Å². The van der Waals surface area contributed by atoms with Gasteiger partial charge in [-0.2, -0.15) is 0 Å². The van der Waals surface area contributed by atoms with E-state index >= 15 is 0 Å². The van der Waals surface area contributed by atoms with E-state index in [4.69, 9.17) is 0 Å². The summed E-state index contributed by atoms with van der Waals surface area (Å²) < 4.78 is 0. The van der Waals surface area contributed by atoms with Gasteiger partial charge in [-0.05, 0) is 42.3 Å². The lowest BCUT2D eigenvalue weighted by atomic mass is 9.81. The monoisotopic (exact) mass is 184 g/mol. The maximum atomic E-state index is 2.39. The lowest BCUT2D eigenvalue weighted by Crippen LogP contribution is -2.15. The van der Waals surface area contributed by atoms with Gasteiger partial charge in [0, 0.05) is 0 Å². The highest BCUT2D eigenvalue weighted by atomic mass is 32.2. The molecule has 1 rings (SSSR count). The van der Waals surface area contributed by atoms with Gasteiger partial charge in [0.1, 0.15) is 0 Å². The second-order valence-corrected chi connectivity index (χ2v) is 4.85. The smallest absolute Gasteiger partial charge is 0.0140 e. The molecule has 0 nitrogen and oxygen atoms in total. The predicted octanol–water partition coefficient (Wildman–Crippen LogP) is 4.08. The van der Waals surface area contributed by atoms with E-state index in [9.17, 15) is 0 Å². The van der Waals surface area contributed by atoms with Crippen LogP contribution >= 0.6 is 11.8 Å². The van der Waals surface area contributed by atoms with E-state index in [1.165, 1.54) is 19.3 Å². The molecular formula is C11H20S. The summed E-state index contributed by atoms with van der Waals surface area (Å²) in [7, 11) is 0. The first kappa shape index (κ1) is 10.2. The number of allylic oxidation sites excluding steroid dienone is 2. The number of thioether (sulfide) groups is 1. The van der Waals surface area contributed by atoms with Gasteiger partial charge in [-0.15, -0.1) is 11.8 Å². The molecule has 0 aliphatic heterocycles. The molecule has 0 aromatic carbocycles. The quantitative estimate of drug-likeness (QED) is 0.623. The minimum atomic E-state index is 0.891. The molecule has 1 aliphatic rings. The molecule has 0 spiro atoms. The molecule has 0 aromatic heterocycles. The third-order valence-electron chi connectivity index (χ3n) is 3.11. The second-order valence-electron chi connectivity index (χ2n) is 3.95. The summed E-state index contributed by atoms with van der Waals surface area (Å²) in [4.78, 5) is 1.67. The number of hydrogen-bond donors (Lipinski definition) is 0. The van der Waals surface area contributed by atoms with Crippen LogP contribution in [0.1, 0.15) is 40.0 Å². The Labute approximate surface area is 80.8 Å². The lowest BCUT2D eigenvalue weighted by Gasteiger charge is -2.29. The molecule has 1 aliphatic carbocycles. The van der Waals surface area contributed by atoms with Crippen molar-refractivity contribution >= 4 is 11.8 Å². The maximum Gasteiger partial charge on any atom is -0.0140 e. The molecule has 0 aromatic rings. The standard InChI is InChI=1S/C11H20S/c1-5-10-6-8(2)9(3)7-11(10)12-4/h8-9H,5-7H2,1-4H3. The normalized spacial score (nSPS) is 31.0. The van der Waals surface area contributed by atoms with Gasteiger partial charge in [-0.3, -0.25) is 0 Å². The van der Waals surface area contributed by atoms with E-state index in [2.05, 4.69) is 27.0 Å². The molecule has 1 heteroatoms. The fourth-order valence-electron chi connectivity index (χ4n) is 1.91. The molecule has 0 saturated heterocycles. The van der Waals surface area contributed by atoms with Gasteiger partial charge in [0.2, 0.25) is 0 Å². The molecule has 0 bridgehead atoms. The van der Waals surface area contributed by atoms with Crippen LogP contribution < -0.4 is 0 Å². The topological polar surface area (TPSA) is 0 Å². The maximum absolute atomic E-state index is 2.39. The summed E-state index contributed by atoms with van der Waals surface area (Å²) >= 11 is 1.96. The van der Waals surface area contributed by atoms with Gasteiger partial charge in [0.15, 0.2) is 0 Å². The van der Waals surface area contributed by atoms with Crippen molar-refractivity contribution < 1.29 is 0 Å². The van der Waals surface area contributed by atoms with Crippen molar-refractivity contribution in [3.05, 3.63) is 10.5 Å². The average Bonchev–Trinajstić information content (AvgIpc) is 2.09. The molecule has 0 saturated carbocycles. The molecule has 0 heterocycles. The van der Waals surface area contributed by atoms with Crippen LogP contribution in [0.3, 0.4) is 0 Å². The van der Waals surface area contributed by atoms with E-state index in [0.717, 1.165) is 11.8 Å². The van der Waals surface area contributed by atoms with Gasteiger partial charge in [-0.1, -0.05) is 26.3 Å². The first-order valence-electron chi connectivity index (χ1n) is 4.93. The van der Waals surface area contributed by atoms with Crippen LogP contribution in [0.5, 0.6) is 0 Å². The molecular weight excluding hydrogens is 164 g/mol. The van der Waals surface area contributed by atoms with E-state index in [0.29, 0.717) is 0 Å². The molecule has 0 radical (unpaired) electrons. The summed E-state index contributed by atoms with van der Waals surface area (Å²) in [5.41, 5.74) is 1.72. The Morgan fingerprint density at radius 2 is 1.83 bits per heavy atom. The Kier molecular flexibility index (Phi) is 3.70. The molecule has 0 amide bonds. The highest BCUT2D eigenvalue weighted by Gasteiger charge is 2.22. The number of rotatable bonds is 2. The van der Waals surface area contributed by atoms with Crippen molar-refractivity contribution in [2.24, 2.45) is 11.8 Å². The lowest BCUT2D eigenvalue weighted by molar-refractivity contribution is 0.363. The predicted molar refractivity (Wildman–Crippen MR) is 58.4 cm³/mol. The molecule has 70 valence electrons. The third kappa shape index (κ3) is 2.07. The summed E-state index contributed by atoms with van der Waals surface area (Å²) in [6, 6.07) is 0. The van der Waals surface area contributed by atoms with Crippen LogP contribution in [-0.4, -0.2) is 6.26 Å². The van der Waals surface area contributed by atoms with Crippen molar-refractivity contribution in [1.29, 1.82) is 0 Å². The Morgan fingerprint density at radius 3 is 2.33 bits per heavy atom. The zero-order chi connectivity index (χ0) is 9.14. The van der Waals surface area contributed by atoms with E-state index in [1.54, 1.807) is 10.5 Å². The molecule has 0 N–H and O–H groups in total. The van der Waals surface area contributed by atoms with Crippen LogP contribution in [0.15, 0.2) is 10.5 Å². The van der Waals surface area contributed by atoms with Crippen LogP contribution in [-0.2, 0) is 0 Å². The van der Waals surface area contributed by atoms with Crippen LogP contribution in [0, 0.1) is 11.8 Å². The van der Waals surface area contributed by atoms with Gasteiger partial charge >= 0.3 is 0 Å². The minimum absolute atomic E-state index is 0.891. The van der Waals surface area contributed by atoms with Crippen molar-refractivity contribution in [1.82, 2.24) is 0 Å². The zero-order valence-electron chi connectivity index (χ0n) is 8.68. The average molecular weight is 184 g/mol. The summed E-state index contributed by atoms with van der Waals surface area (Å²) in [6.07, 6.45) is 6.14. The first-order chi connectivity index (χ1) is 5.69. The van der Waals surface area contributed by atoms with Crippen molar-refractivity contribution in [3.8, 4) is 0 Å². The first-order valence-corrected chi connectivity index (χ1v) is 6.16. The Bertz CT molecular complexity index is 161. The second kappa shape index (κ2) is 4.36. The van der Waals surface area contributed by atoms with E-state index in [1.807, 2.05) is 11.8 Å². The summed E-state index contributed by atoms with van der Waals surface area (Å²) in [5, 5.41) is 0.